The molecule has 0 unspecified atom stereocenters. The largest absolute Gasteiger partial charge is 0.508 e. The maximum atomic E-state index is 12.7. The van der Waals surface area contributed by atoms with Crippen LogP contribution in [0, 0.1) is 0 Å². The molecule has 0 spiro atoms. The van der Waals surface area contributed by atoms with Crippen molar-refractivity contribution < 1.29 is 39.3 Å². The predicted octanol–water partition coefficient (Wildman–Crippen LogP) is 0.978. The average Bonchev–Trinajstić information content (AvgIpc) is 2.80. The summed E-state index contributed by atoms with van der Waals surface area (Å²) in [4.78, 5) is 61.0. The summed E-state index contributed by atoms with van der Waals surface area (Å²) in [6.07, 6.45) is -0.691. The highest BCUT2D eigenvalue weighted by Gasteiger charge is 2.26. The molecule has 2 atom stereocenters. The molecule has 2 rings (SSSR count). The lowest BCUT2D eigenvalue weighted by atomic mass is 10.1. The maximum absolute atomic E-state index is 12.7. The second kappa shape index (κ2) is 12.0. The molecule has 0 aromatic heterocycles. The van der Waals surface area contributed by atoms with Crippen molar-refractivity contribution in [2.24, 2.45) is 0 Å². The van der Waals surface area contributed by atoms with Gasteiger partial charge in [0, 0.05) is 17.7 Å². The van der Waals surface area contributed by atoms with Gasteiger partial charge < -0.3 is 30.9 Å². The molecule has 0 aliphatic rings. The van der Waals surface area contributed by atoms with Gasteiger partial charge in [0.1, 0.15) is 24.4 Å². The molecular formula is C23H25N3O8. The zero-order valence-corrected chi connectivity index (χ0v) is 18.3. The Kier molecular flexibility index (Phi) is 9.12. The molecule has 0 bridgehead atoms. The first-order valence-corrected chi connectivity index (χ1v) is 10.3. The van der Waals surface area contributed by atoms with Gasteiger partial charge in [-0.1, -0.05) is 18.2 Å². The number of carbonyl (C=O) groups excluding carboxylic acids is 3. The molecule has 2 aromatic rings. The number of hydrogen-bond donors (Lipinski definition) is 5. The van der Waals surface area contributed by atoms with Crippen LogP contribution in [-0.4, -0.2) is 63.6 Å². The lowest BCUT2D eigenvalue weighted by Gasteiger charge is -2.23. The first-order chi connectivity index (χ1) is 16.1. The lowest BCUT2D eigenvalue weighted by Crippen LogP contribution is -2.50. The number of phenolic OH excluding ortho intramolecular Hbond substituents is 1. The summed E-state index contributed by atoms with van der Waals surface area (Å²) in [6, 6.07) is 10.9. The Bertz CT molecular complexity index is 1040. The van der Waals surface area contributed by atoms with E-state index < -0.39 is 48.3 Å². The molecule has 5 N–H and O–H groups in total. The number of nitrogens with one attached hydrogen (secondary N) is 2. The summed E-state index contributed by atoms with van der Waals surface area (Å²) in [5.74, 6) is -4.70. The monoisotopic (exact) mass is 471 g/mol. The van der Waals surface area contributed by atoms with Gasteiger partial charge in [-0.25, -0.2) is 4.79 Å². The zero-order valence-electron chi connectivity index (χ0n) is 18.3. The van der Waals surface area contributed by atoms with Gasteiger partial charge in [-0.15, -0.1) is 0 Å². The van der Waals surface area contributed by atoms with Crippen molar-refractivity contribution in [3.8, 4) is 5.75 Å². The second-order valence-electron chi connectivity index (χ2n) is 7.39. The fourth-order valence-electron chi connectivity index (χ4n) is 2.98. The quantitative estimate of drug-likeness (QED) is 0.322. The van der Waals surface area contributed by atoms with Crippen molar-refractivity contribution in [3.63, 3.8) is 0 Å². The van der Waals surface area contributed by atoms with Crippen molar-refractivity contribution in [2.75, 3.05) is 11.4 Å². The lowest BCUT2D eigenvalue weighted by molar-refractivity contribution is -0.142. The van der Waals surface area contributed by atoms with E-state index in [1.165, 1.54) is 31.2 Å². The molecule has 0 heterocycles. The molecule has 11 nitrogen and oxygen atoms in total. The Morgan fingerprint density at radius 2 is 1.53 bits per heavy atom. The molecule has 3 amide bonds. The van der Waals surface area contributed by atoms with Gasteiger partial charge in [-0.2, -0.15) is 0 Å². The second-order valence-corrected chi connectivity index (χ2v) is 7.39. The van der Waals surface area contributed by atoms with Gasteiger partial charge in [-0.05, 0) is 49.7 Å². The van der Waals surface area contributed by atoms with Crippen LogP contribution in [0.1, 0.15) is 30.1 Å². The Balaban J connectivity index is 2.00. The van der Waals surface area contributed by atoms with E-state index in [0.717, 1.165) is 4.90 Å². The van der Waals surface area contributed by atoms with E-state index in [2.05, 4.69) is 10.6 Å². The number of benzene rings is 2. The third-order valence-corrected chi connectivity index (χ3v) is 4.79. The van der Waals surface area contributed by atoms with Crippen LogP contribution in [0.3, 0.4) is 0 Å². The minimum absolute atomic E-state index is 0.0754. The van der Waals surface area contributed by atoms with Gasteiger partial charge >= 0.3 is 11.9 Å². The molecule has 2 aromatic carbocycles. The predicted molar refractivity (Wildman–Crippen MR) is 120 cm³/mol. The molecule has 0 aliphatic heterocycles. The Labute approximate surface area is 195 Å². The molecule has 0 aliphatic carbocycles. The standard InChI is InChI=1S/C23H25N3O8/c1-14(24-22(32)15-5-3-2-4-6-15)21(31)25-18(23(33)34)11-12-19(28)26(13-20(29)30)16-7-9-17(27)10-8-16/h2-10,14,18,27H,11-13H2,1H3,(H,24,32)(H,25,31)(H,29,30)(H,33,34)/t14-,18-/m0/s1. The summed E-state index contributed by atoms with van der Waals surface area (Å²) in [5, 5.41) is 32.7. The van der Waals surface area contributed by atoms with Crippen molar-refractivity contribution in [1.29, 1.82) is 0 Å². The number of rotatable bonds is 11. The molecule has 180 valence electrons. The zero-order chi connectivity index (χ0) is 25.3. The van der Waals surface area contributed by atoms with E-state index in [9.17, 15) is 34.2 Å². The average molecular weight is 471 g/mol. The summed E-state index contributed by atoms with van der Waals surface area (Å²) >= 11 is 0. The van der Waals surface area contributed by atoms with Crippen LogP contribution in [0.25, 0.3) is 0 Å². The van der Waals surface area contributed by atoms with Crippen LogP contribution in [-0.2, 0) is 19.2 Å². The van der Waals surface area contributed by atoms with E-state index in [1.807, 2.05) is 0 Å². The maximum Gasteiger partial charge on any atom is 0.326 e. The number of aliphatic carboxylic acids is 2. The first kappa shape index (κ1) is 25.8. The van der Waals surface area contributed by atoms with E-state index in [0.29, 0.717) is 5.56 Å². The molecule has 0 saturated carbocycles. The number of amides is 3. The van der Waals surface area contributed by atoms with Crippen LogP contribution in [0.4, 0.5) is 5.69 Å². The van der Waals surface area contributed by atoms with Crippen molar-refractivity contribution >= 4 is 35.3 Å². The minimum Gasteiger partial charge on any atom is -0.508 e. The normalized spacial score (nSPS) is 12.1. The van der Waals surface area contributed by atoms with Gasteiger partial charge in [-0.3, -0.25) is 19.2 Å². The third kappa shape index (κ3) is 7.62. The van der Waals surface area contributed by atoms with E-state index in [-0.39, 0.29) is 24.3 Å². The van der Waals surface area contributed by atoms with Crippen LogP contribution >= 0.6 is 0 Å². The Morgan fingerprint density at radius 3 is 2.09 bits per heavy atom. The number of hydrogen-bond acceptors (Lipinski definition) is 6. The van der Waals surface area contributed by atoms with E-state index >= 15 is 0 Å². The highest BCUT2D eigenvalue weighted by molar-refractivity contribution is 5.99. The van der Waals surface area contributed by atoms with Crippen LogP contribution < -0.4 is 15.5 Å². The SMILES string of the molecule is C[C@H](NC(=O)c1ccccc1)C(=O)N[C@@H](CCC(=O)N(CC(=O)O)c1ccc(O)cc1)C(=O)O. The summed E-state index contributed by atoms with van der Waals surface area (Å²) < 4.78 is 0. The third-order valence-electron chi connectivity index (χ3n) is 4.79. The van der Waals surface area contributed by atoms with Crippen molar-refractivity contribution in [3.05, 3.63) is 60.2 Å². The highest BCUT2D eigenvalue weighted by atomic mass is 16.4. The Morgan fingerprint density at radius 1 is 0.912 bits per heavy atom. The molecule has 0 radical (unpaired) electrons. The van der Waals surface area contributed by atoms with Gasteiger partial charge in [0.2, 0.25) is 11.8 Å². The smallest absolute Gasteiger partial charge is 0.326 e. The fraction of sp³-hybridized carbons (Fsp3) is 0.261. The summed E-state index contributed by atoms with van der Waals surface area (Å²) in [5.41, 5.74) is 0.536. The Hall–Kier alpha value is -4.41. The molecule has 11 heteroatoms. The van der Waals surface area contributed by atoms with Crippen LogP contribution in [0.5, 0.6) is 5.75 Å². The van der Waals surface area contributed by atoms with Crippen molar-refractivity contribution in [2.45, 2.75) is 31.8 Å². The number of carboxylic acids is 2. The van der Waals surface area contributed by atoms with Crippen LogP contribution in [0.2, 0.25) is 0 Å². The van der Waals surface area contributed by atoms with E-state index in [1.54, 1.807) is 30.3 Å². The fourth-order valence-corrected chi connectivity index (χ4v) is 2.98. The van der Waals surface area contributed by atoms with Gasteiger partial charge in [0.05, 0.1) is 0 Å². The number of carbonyl (C=O) groups is 5. The highest BCUT2D eigenvalue weighted by Crippen LogP contribution is 2.20. The van der Waals surface area contributed by atoms with Crippen LogP contribution in [0.15, 0.2) is 54.6 Å². The van der Waals surface area contributed by atoms with E-state index in [4.69, 9.17) is 5.11 Å². The van der Waals surface area contributed by atoms with Gasteiger partial charge in [0.25, 0.3) is 5.91 Å². The first-order valence-electron chi connectivity index (χ1n) is 10.3. The minimum atomic E-state index is -1.45. The molecular weight excluding hydrogens is 446 g/mol. The summed E-state index contributed by atoms with van der Waals surface area (Å²) in [7, 11) is 0. The molecule has 0 fully saturated rings. The summed E-state index contributed by atoms with van der Waals surface area (Å²) in [6.45, 7) is 0.718. The number of nitrogens with zero attached hydrogens (tertiary/aromatic N) is 1. The number of anilines is 1. The topological polar surface area (TPSA) is 173 Å². The number of phenols is 1. The molecule has 0 saturated heterocycles. The molecule has 34 heavy (non-hydrogen) atoms. The number of aromatic hydroxyl groups is 1. The van der Waals surface area contributed by atoms with Gasteiger partial charge in [0.15, 0.2) is 0 Å². The number of carboxylic acid groups (broad SMARTS) is 2. The van der Waals surface area contributed by atoms with Crippen molar-refractivity contribution in [1.82, 2.24) is 10.6 Å².